The van der Waals surface area contributed by atoms with Gasteiger partial charge in [-0.15, -0.1) is 0 Å². The van der Waals surface area contributed by atoms with Crippen molar-refractivity contribution >= 4 is 58.3 Å². The minimum atomic E-state index is -0.698. The number of nitrogens with zero attached hydrogens (tertiary/aromatic N) is 2. The van der Waals surface area contributed by atoms with Gasteiger partial charge in [-0.25, -0.2) is 4.90 Å². The van der Waals surface area contributed by atoms with Gasteiger partial charge in [-0.05, 0) is 71.1 Å². The van der Waals surface area contributed by atoms with E-state index in [9.17, 15) is 19.2 Å². The lowest BCUT2D eigenvalue weighted by Gasteiger charge is -2.45. The van der Waals surface area contributed by atoms with E-state index in [4.69, 9.17) is 27.9 Å². The largest absolute Gasteiger partial charge is 0.426 e. The average Bonchev–Trinajstić information content (AvgIpc) is 3.55. The zero-order valence-electron chi connectivity index (χ0n) is 24.1. The fourth-order valence-corrected chi connectivity index (χ4v) is 8.23. The van der Waals surface area contributed by atoms with E-state index in [0.29, 0.717) is 27.0 Å². The van der Waals surface area contributed by atoms with E-state index >= 15 is 0 Å². The lowest BCUT2D eigenvalue weighted by Crippen LogP contribution is -2.41. The SMILES string of the molecule is Cc1cc(OC(=O)[C@H]2CC(=O)N(c3cc(Cl)ccc3Cl)C2)ccc1N1C(=O)[C@@H]2C3c4ccccc4C(c4ccccc43)[C@@H]2C1=O. The molecule has 2 heterocycles. The van der Waals surface area contributed by atoms with E-state index in [1.807, 2.05) is 24.3 Å². The number of esters is 1. The molecule has 2 fully saturated rings. The maximum atomic E-state index is 14.1. The number of rotatable bonds is 4. The lowest BCUT2D eigenvalue weighted by atomic mass is 9.55. The third-order valence-corrected chi connectivity index (χ3v) is 10.3. The molecule has 3 aliphatic carbocycles. The Morgan fingerprint density at radius 2 is 1.33 bits per heavy atom. The van der Waals surface area contributed by atoms with Gasteiger partial charge in [-0.3, -0.25) is 19.2 Å². The second-order valence-electron chi connectivity index (χ2n) is 12.1. The van der Waals surface area contributed by atoms with Crippen molar-refractivity contribution in [1.29, 1.82) is 0 Å². The van der Waals surface area contributed by atoms with Crippen LogP contribution in [0.15, 0.2) is 84.9 Å². The molecule has 3 atom stereocenters. The van der Waals surface area contributed by atoms with Crippen LogP contribution >= 0.6 is 23.2 Å². The molecule has 0 N–H and O–H groups in total. The number of amides is 3. The number of carbonyl (C=O) groups is 4. The summed E-state index contributed by atoms with van der Waals surface area (Å²) in [5, 5.41) is 0.791. The number of aryl methyl sites for hydroxylation is 1. The van der Waals surface area contributed by atoms with E-state index in [1.165, 1.54) is 9.80 Å². The Kier molecular flexibility index (Phi) is 6.41. The maximum absolute atomic E-state index is 14.1. The van der Waals surface area contributed by atoms with Gasteiger partial charge in [-0.1, -0.05) is 71.7 Å². The van der Waals surface area contributed by atoms with Crippen LogP contribution in [0.5, 0.6) is 5.75 Å². The van der Waals surface area contributed by atoms with Crippen molar-refractivity contribution in [3.63, 3.8) is 0 Å². The minimum absolute atomic E-state index is 0.0224. The Balaban J connectivity index is 1.04. The molecule has 4 aromatic rings. The van der Waals surface area contributed by atoms with Gasteiger partial charge in [0.15, 0.2) is 0 Å². The Morgan fingerprint density at radius 1 is 0.756 bits per heavy atom. The first-order chi connectivity index (χ1) is 21.7. The van der Waals surface area contributed by atoms with E-state index in [2.05, 4.69) is 24.3 Å². The number of benzene rings is 4. The van der Waals surface area contributed by atoms with Crippen LogP contribution in [-0.4, -0.2) is 30.2 Å². The minimum Gasteiger partial charge on any atom is -0.426 e. The highest BCUT2D eigenvalue weighted by molar-refractivity contribution is 6.36. The number of halogens is 2. The highest BCUT2D eigenvalue weighted by atomic mass is 35.5. The summed E-state index contributed by atoms with van der Waals surface area (Å²) in [5.74, 6) is -3.00. The Hall–Kier alpha value is -4.46. The summed E-state index contributed by atoms with van der Waals surface area (Å²) in [4.78, 5) is 56.9. The first kappa shape index (κ1) is 28.0. The number of imide groups is 1. The smallest absolute Gasteiger partial charge is 0.316 e. The van der Waals surface area contributed by atoms with E-state index < -0.39 is 23.7 Å². The molecule has 0 spiro atoms. The lowest BCUT2D eigenvalue weighted by molar-refractivity contribution is -0.139. The number of ether oxygens (including phenoxy) is 1. The number of hydrogen-bond donors (Lipinski definition) is 0. The van der Waals surface area contributed by atoms with Crippen LogP contribution in [-0.2, 0) is 19.2 Å². The van der Waals surface area contributed by atoms with Gasteiger partial charge in [0, 0.05) is 29.8 Å². The predicted octanol–water partition coefficient (Wildman–Crippen LogP) is 6.66. The molecular formula is C36H26Cl2N2O5. The fourth-order valence-electron chi connectivity index (χ4n) is 7.85. The Morgan fingerprint density at radius 3 is 1.89 bits per heavy atom. The second-order valence-corrected chi connectivity index (χ2v) is 13.0. The van der Waals surface area contributed by atoms with Gasteiger partial charge < -0.3 is 9.64 Å². The van der Waals surface area contributed by atoms with Crippen molar-refractivity contribution in [3.8, 4) is 5.75 Å². The quantitative estimate of drug-likeness (QED) is 0.142. The number of carbonyl (C=O) groups excluding carboxylic acids is 4. The summed E-state index contributed by atoms with van der Waals surface area (Å²) >= 11 is 12.4. The van der Waals surface area contributed by atoms with Gasteiger partial charge in [-0.2, -0.15) is 0 Å². The van der Waals surface area contributed by atoms with Crippen LogP contribution in [0.4, 0.5) is 11.4 Å². The highest BCUT2D eigenvalue weighted by Crippen LogP contribution is 2.61. The van der Waals surface area contributed by atoms with E-state index in [-0.39, 0.29) is 48.3 Å². The van der Waals surface area contributed by atoms with Crippen LogP contribution in [0.3, 0.4) is 0 Å². The van der Waals surface area contributed by atoms with Crippen molar-refractivity contribution in [2.24, 2.45) is 17.8 Å². The van der Waals surface area contributed by atoms with Gasteiger partial charge in [0.1, 0.15) is 5.75 Å². The molecule has 3 amide bonds. The van der Waals surface area contributed by atoms with Crippen molar-refractivity contribution < 1.29 is 23.9 Å². The average molecular weight is 638 g/mol. The highest BCUT2D eigenvalue weighted by Gasteiger charge is 2.61. The summed E-state index contributed by atoms with van der Waals surface area (Å²) in [6.45, 7) is 1.90. The fraction of sp³-hybridized carbons (Fsp3) is 0.222. The summed E-state index contributed by atoms with van der Waals surface area (Å²) in [5.41, 5.74) is 6.02. The monoisotopic (exact) mass is 636 g/mol. The van der Waals surface area contributed by atoms with Gasteiger partial charge in [0.25, 0.3) is 0 Å². The molecule has 45 heavy (non-hydrogen) atoms. The van der Waals surface area contributed by atoms with E-state index in [0.717, 1.165) is 22.3 Å². The van der Waals surface area contributed by atoms with Gasteiger partial charge in [0.2, 0.25) is 17.7 Å². The molecule has 5 aliphatic rings. The van der Waals surface area contributed by atoms with Crippen molar-refractivity contribution in [2.45, 2.75) is 25.2 Å². The molecule has 224 valence electrons. The second kappa shape index (κ2) is 10.3. The zero-order valence-corrected chi connectivity index (χ0v) is 25.6. The van der Waals surface area contributed by atoms with Crippen molar-refractivity contribution in [2.75, 3.05) is 16.3 Å². The first-order valence-electron chi connectivity index (χ1n) is 14.9. The Bertz CT molecular complexity index is 1860. The zero-order chi connectivity index (χ0) is 31.1. The Labute approximate surface area is 269 Å². The molecule has 2 aliphatic heterocycles. The molecule has 4 aromatic carbocycles. The molecule has 0 radical (unpaired) electrons. The van der Waals surface area contributed by atoms with Gasteiger partial charge in [0.05, 0.1) is 34.2 Å². The molecule has 2 saturated heterocycles. The molecule has 0 saturated carbocycles. The van der Waals surface area contributed by atoms with E-state index in [1.54, 1.807) is 43.3 Å². The number of anilines is 2. The molecule has 0 unspecified atom stereocenters. The molecule has 7 nitrogen and oxygen atoms in total. The molecule has 0 aromatic heterocycles. The summed E-state index contributed by atoms with van der Waals surface area (Å²) < 4.78 is 5.70. The summed E-state index contributed by atoms with van der Waals surface area (Å²) in [6, 6.07) is 26.0. The third-order valence-electron chi connectivity index (χ3n) is 9.73. The molecule has 9 rings (SSSR count). The maximum Gasteiger partial charge on any atom is 0.316 e. The predicted molar refractivity (Wildman–Crippen MR) is 170 cm³/mol. The van der Waals surface area contributed by atoms with Crippen LogP contribution in [0.1, 0.15) is 46.1 Å². The summed E-state index contributed by atoms with van der Waals surface area (Å²) in [6.07, 6.45) is -0.0224. The van der Waals surface area contributed by atoms with Crippen LogP contribution < -0.4 is 14.5 Å². The number of hydrogen-bond acceptors (Lipinski definition) is 5. The van der Waals surface area contributed by atoms with Crippen LogP contribution in [0.25, 0.3) is 0 Å². The first-order valence-corrected chi connectivity index (χ1v) is 15.6. The van der Waals surface area contributed by atoms with Gasteiger partial charge >= 0.3 is 5.97 Å². The van der Waals surface area contributed by atoms with Crippen LogP contribution in [0.2, 0.25) is 10.0 Å². The van der Waals surface area contributed by atoms with Crippen LogP contribution in [0, 0.1) is 24.7 Å². The summed E-state index contributed by atoms with van der Waals surface area (Å²) in [7, 11) is 0. The molecule has 2 bridgehead atoms. The molecule has 9 heteroatoms. The van der Waals surface area contributed by atoms with Crippen molar-refractivity contribution in [1.82, 2.24) is 0 Å². The normalized spacial score (nSPS) is 24.5. The van der Waals surface area contributed by atoms with Crippen molar-refractivity contribution in [3.05, 3.63) is 123 Å². The third kappa shape index (κ3) is 4.17. The topological polar surface area (TPSA) is 84.0 Å². The molecular weight excluding hydrogens is 611 g/mol. The standard InChI is InChI=1S/C36H26Cl2N2O5/c1-18-14-21(45-36(44)19-15-29(41)39(17-19)28-16-20(37)10-12-26(28)38)11-13-27(18)40-34(42)32-30-22-6-2-3-7-23(22)31(33(32)35(40)43)25-9-5-4-8-24(25)30/h2-14,16,19,30-33H,15,17H2,1H3/t19-,30?,31?,32-,33+/m0/s1.